The van der Waals surface area contributed by atoms with Crippen LogP contribution in [0, 0.1) is 0 Å². The zero-order chi connectivity index (χ0) is 15.8. The molecule has 0 fully saturated rings. The summed E-state index contributed by atoms with van der Waals surface area (Å²) in [6.45, 7) is 2.47. The molecule has 0 heterocycles. The van der Waals surface area contributed by atoms with E-state index in [9.17, 15) is 18.7 Å². The van der Waals surface area contributed by atoms with Crippen LogP contribution in [0.15, 0.2) is 53.5 Å². The first kappa shape index (κ1) is 16.7. The van der Waals surface area contributed by atoms with Crippen LogP contribution >= 0.6 is 0 Å². The lowest BCUT2D eigenvalue weighted by Crippen LogP contribution is -2.14. The van der Waals surface area contributed by atoms with E-state index < -0.39 is 29.1 Å². The molecule has 4 nitrogen and oxygen atoms in total. The van der Waals surface area contributed by atoms with Crippen molar-refractivity contribution in [2.24, 2.45) is 0 Å². The quantitative estimate of drug-likeness (QED) is 0.376. The molecule has 0 atom stereocenters. The molecule has 1 rings (SSSR count). The predicted molar refractivity (Wildman–Crippen MR) is 72.4 cm³/mol. The average molecular weight is 298 g/mol. The van der Waals surface area contributed by atoms with Crippen LogP contribution < -0.4 is 0 Å². The molecule has 0 aromatic heterocycles. The summed E-state index contributed by atoms with van der Waals surface area (Å²) >= 11 is 0. The fraction of sp³-hybridized carbons (Fsp3) is 0.267. The van der Waals surface area contributed by atoms with Gasteiger partial charge in [-0.1, -0.05) is 30.3 Å². The molecule has 0 aliphatic carbocycles. The third-order valence-electron chi connectivity index (χ3n) is 2.47. The van der Waals surface area contributed by atoms with Crippen molar-refractivity contribution in [1.82, 2.24) is 0 Å². The maximum Gasteiger partial charge on any atom is 0.345 e. The van der Waals surface area contributed by atoms with Crippen LogP contribution in [0.25, 0.3) is 0 Å². The van der Waals surface area contributed by atoms with E-state index in [1.165, 1.54) is 6.92 Å². The topological polar surface area (TPSA) is 55.8 Å². The highest BCUT2D eigenvalue weighted by Crippen LogP contribution is 2.24. The van der Waals surface area contributed by atoms with Gasteiger partial charge in [-0.15, -0.1) is 0 Å². The number of rotatable bonds is 6. The van der Waals surface area contributed by atoms with E-state index in [0.717, 1.165) is 6.92 Å². The molecule has 21 heavy (non-hydrogen) atoms. The summed E-state index contributed by atoms with van der Waals surface area (Å²) in [5.41, 5.74) is -0.0252. The Bertz CT molecular complexity index is 542. The maximum atomic E-state index is 13.0. The number of aliphatic hydroxyl groups is 1. The summed E-state index contributed by atoms with van der Waals surface area (Å²) < 4.78 is 35.7. The van der Waals surface area contributed by atoms with E-state index >= 15 is 0 Å². The second-order valence-corrected chi connectivity index (χ2v) is 4.04. The van der Waals surface area contributed by atoms with Gasteiger partial charge in [0.05, 0.1) is 6.61 Å². The predicted octanol–water partition coefficient (Wildman–Crippen LogP) is 3.71. The summed E-state index contributed by atoms with van der Waals surface area (Å²) in [5.74, 6) is -2.63. The first-order chi connectivity index (χ1) is 9.97. The number of esters is 1. The van der Waals surface area contributed by atoms with Crippen molar-refractivity contribution in [2.45, 2.75) is 20.5 Å². The SMILES string of the molecule is CCOC(=O)/C(C(OCc1ccccc1)=C(F)F)=C(/C)O. The van der Waals surface area contributed by atoms with Crippen molar-refractivity contribution in [3.05, 3.63) is 59.1 Å². The van der Waals surface area contributed by atoms with E-state index in [1.54, 1.807) is 30.3 Å². The molecule has 0 spiro atoms. The van der Waals surface area contributed by atoms with Gasteiger partial charge in [0.1, 0.15) is 17.9 Å². The van der Waals surface area contributed by atoms with Crippen molar-refractivity contribution >= 4 is 5.97 Å². The third-order valence-corrected chi connectivity index (χ3v) is 2.47. The first-order valence-electron chi connectivity index (χ1n) is 6.26. The van der Waals surface area contributed by atoms with Gasteiger partial charge in [0.15, 0.2) is 0 Å². The fourth-order valence-corrected chi connectivity index (χ4v) is 1.56. The Morgan fingerprint density at radius 2 is 1.81 bits per heavy atom. The van der Waals surface area contributed by atoms with Crippen molar-refractivity contribution in [3.8, 4) is 0 Å². The maximum absolute atomic E-state index is 13.0. The van der Waals surface area contributed by atoms with E-state index in [2.05, 4.69) is 4.74 Å². The molecule has 0 aliphatic heterocycles. The molecular weight excluding hydrogens is 282 g/mol. The van der Waals surface area contributed by atoms with E-state index in [-0.39, 0.29) is 13.2 Å². The molecule has 1 N–H and O–H groups in total. The molecule has 0 radical (unpaired) electrons. The molecule has 1 aromatic rings. The molecule has 1 aromatic carbocycles. The minimum Gasteiger partial charge on any atom is -0.512 e. The van der Waals surface area contributed by atoms with Crippen LogP contribution in [0.2, 0.25) is 0 Å². The largest absolute Gasteiger partial charge is 0.512 e. The lowest BCUT2D eigenvalue weighted by molar-refractivity contribution is -0.138. The van der Waals surface area contributed by atoms with Gasteiger partial charge in [-0.2, -0.15) is 8.78 Å². The molecule has 0 saturated carbocycles. The number of carbonyl (C=O) groups is 1. The molecule has 0 unspecified atom stereocenters. The standard InChI is InChI=1S/C15H16F2O4/c1-3-20-15(19)12(10(2)18)13(14(16)17)21-9-11-7-5-4-6-8-11/h4-8,18H,3,9H2,1-2H3/b12-10-. The van der Waals surface area contributed by atoms with Gasteiger partial charge < -0.3 is 14.6 Å². The number of carbonyl (C=O) groups excluding carboxylic acids is 1. The van der Waals surface area contributed by atoms with Crippen LogP contribution in [-0.4, -0.2) is 17.7 Å². The minimum absolute atomic E-state index is 0.00448. The van der Waals surface area contributed by atoms with Crippen molar-refractivity contribution in [1.29, 1.82) is 0 Å². The summed E-state index contributed by atoms with van der Waals surface area (Å²) in [5, 5.41) is 9.46. The highest BCUT2D eigenvalue weighted by atomic mass is 19.3. The zero-order valence-corrected chi connectivity index (χ0v) is 11.7. The second-order valence-electron chi connectivity index (χ2n) is 4.04. The first-order valence-corrected chi connectivity index (χ1v) is 6.26. The lowest BCUT2D eigenvalue weighted by atomic mass is 10.2. The van der Waals surface area contributed by atoms with Crippen molar-refractivity contribution in [3.63, 3.8) is 0 Å². The lowest BCUT2D eigenvalue weighted by Gasteiger charge is -2.13. The van der Waals surface area contributed by atoms with Crippen LogP contribution in [0.4, 0.5) is 8.78 Å². The summed E-state index contributed by atoms with van der Waals surface area (Å²) in [4.78, 5) is 11.7. The molecule has 0 bridgehead atoms. The second kappa shape index (κ2) is 8.04. The van der Waals surface area contributed by atoms with E-state index in [4.69, 9.17) is 4.74 Å². The highest BCUT2D eigenvalue weighted by Gasteiger charge is 2.25. The smallest absolute Gasteiger partial charge is 0.345 e. The number of benzene rings is 1. The third kappa shape index (κ3) is 4.91. The Kier molecular flexibility index (Phi) is 6.39. The molecule has 0 saturated heterocycles. The van der Waals surface area contributed by atoms with Gasteiger partial charge in [0, 0.05) is 0 Å². The van der Waals surface area contributed by atoms with Gasteiger partial charge in [-0.3, -0.25) is 0 Å². The van der Waals surface area contributed by atoms with Gasteiger partial charge in [-0.05, 0) is 19.4 Å². The number of hydrogen-bond acceptors (Lipinski definition) is 4. The number of hydrogen-bond donors (Lipinski definition) is 1. The van der Waals surface area contributed by atoms with Crippen LogP contribution in [0.1, 0.15) is 19.4 Å². The van der Waals surface area contributed by atoms with Gasteiger partial charge in [0.2, 0.25) is 5.76 Å². The highest BCUT2D eigenvalue weighted by molar-refractivity contribution is 5.93. The van der Waals surface area contributed by atoms with E-state index in [0.29, 0.717) is 5.56 Å². The number of allylic oxidation sites excluding steroid dienone is 1. The normalized spacial score (nSPS) is 11.4. The van der Waals surface area contributed by atoms with Crippen molar-refractivity contribution < 1.29 is 28.2 Å². The Morgan fingerprint density at radius 3 is 2.29 bits per heavy atom. The number of ether oxygens (including phenoxy) is 2. The van der Waals surface area contributed by atoms with Crippen LogP contribution in [0.5, 0.6) is 0 Å². The number of aliphatic hydroxyl groups excluding tert-OH is 1. The summed E-state index contributed by atoms with van der Waals surface area (Å²) in [6, 6.07) is 8.61. The molecule has 0 amide bonds. The Hall–Kier alpha value is -2.37. The number of halogens is 2. The fourth-order valence-electron chi connectivity index (χ4n) is 1.56. The van der Waals surface area contributed by atoms with Crippen molar-refractivity contribution in [2.75, 3.05) is 6.61 Å². The zero-order valence-electron chi connectivity index (χ0n) is 11.7. The Balaban J connectivity index is 2.98. The van der Waals surface area contributed by atoms with Gasteiger partial charge in [-0.25, -0.2) is 4.79 Å². The monoisotopic (exact) mass is 298 g/mol. The van der Waals surface area contributed by atoms with Gasteiger partial charge in [0.25, 0.3) is 0 Å². The molecular formula is C15H16F2O4. The minimum atomic E-state index is -2.21. The van der Waals surface area contributed by atoms with E-state index in [1.807, 2.05) is 0 Å². The molecule has 0 aliphatic rings. The van der Waals surface area contributed by atoms with Gasteiger partial charge >= 0.3 is 12.0 Å². The van der Waals surface area contributed by atoms with Crippen LogP contribution in [0.3, 0.4) is 0 Å². The Labute approximate surface area is 121 Å². The van der Waals surface area contributed by atoms with Crippen LogP contribution in [-0.2, 0) is 20.9 Å². The summed E-state index contributed by atoms with van der Waals surface area (Å²) in [6.07, 6.45) is -2.21. The summed E-state index contributed by atoms with van der Waals surface area (Å²) in [7, 11) is 0. The Morgan fingerprint density at radius 1 is 1.19 bits per heavy atom. The average Bonchev–Trinajstić information content (AvgIpc) is 2.43. The molecule has 114 valence electrons. The molecule has 6 heteroatoms.